The molecule has 1 atom stereocenters. The van der Waals surface area contributed by atoms with E-state index in [1.807, 2.05) is 0 Å². The summed E-state index contributed by atoms with van der Waals surface area (Å²) in [4.78, 5) is 36.9. The molecule has 1 unspecified atom stereocenters. The molecule has 3 amide bonds. The molecule has 1 fully saturated rings. The summed E-state index contributed by atoms with van der Waals surface area (Å²) in [5.41, 5.74) is 0.254. The molecule has 1 N–H and O–H groups in total. The van der Waals surface area contributed by atoms with Crippen molar-refractivity contribution in [3.8, 4) is 11.5 Å². The predicted octanol–water partition coefficient (Wildman–Crippen LogP) is 0.945. The number of carbonyl (C=O) groups is 3. The van der Waals surface area contributed by atoms with Gasteiger partial charge in [0.25, 0.3) is 5.91 Å². The first-order chi connectivity index (χ1) is 11.6. The second-order valence-electron chi connectivity index (χ2n) is 5.48. The molecule has 128 valence electrons. The summed E-state index contributed by atoms with van der Waals surface area (Å²) in [5.74, 6) is -0.166. The molecule has 8 heteroatoms. The number of hydrogen-bond acceptors (Lipinski definition) is 6. The molecule has 2 aliphatic rings. The molecular weight excluding hydrogens is 316 g/mol. The van der Waals surface area contributed by atoms with Crippen LogP contribution in [-0.4, -0.2) is 55.2 Å². The van der Waals surface area contributed by atoms with Crippen LogP contribution in [0, 0.1) is 0 Å². The summed E-state index contributed by atoms with van der Waals surface area (Å²) in [6.07, 6.45) is -0.296. The molecule has 24 heavy (non-hydrogen) atoms. The van der Waals surface area contributed by atoms with Gasteiger partial charge in [0.15, 0.2) is 17.6 Å². The maximum atomic E-state index is 12.2. The number of ether oxygens (including phenoxy) is 3. The number of hydrogen-bond donors (Lipinski definition) is 1. The number of amides is 3. The molecule has 0 spiro atoms. The molecule has 1 aromatic carbocycles. The Balaban J connectivity index is 1.67. The molecule has 0 aromatic heterocycles. The Hall–Kier alpha value is -2.77. The first-order valence-electron chi connectivity index (χ1n) is 7.76. The molecule has 8 nitrogen and oxygen atoms in total. The van der Waals surface area contributed by atoms with Crippen molar-refractivity contribution in [2.45, 2.75) is 19.4 Å². The highest BCUT2D eigenvalue weighted by Gasteiger charge is 2.31. The molecule has 1 aromatic rings. The average molecular weight is 334 g/mol. The van der Waals surface area contributed by atoms with E-state index in [1.54, 1.807) is 12.1 Å². The molecule has 2 aliphatic heterocycles. The Morgan fingerprint density at radius 2 is 2.00 bits per heavy atom. The summed E-state index contributed by atoms with van der Waals surface area (Å²) in [7, 11) is 0. The van der Waals surface area contributed by atoms with Gasteiger partial charge in [0.05, 0.1) is 18.8 Å². The van der Waals surface area contributed by atoms with Crippen LogP contribution in [0.1, 0.15) is 23.7 Å². The summed E-state index contributed by atoms with van der Waals surface area (Å²) in [6, 6.07) is 4.24. The summed E-state index contributed by atoms with van der Waals surface area (Å²) in [5, 5.41) is 2.53. The quantitative estimate of drug-likeness (QED) is 0.827. The summed E-state index contributed by atoms with van der Waals surface area (Å²) >= 11 is 0. The number of fused-ring (bicyclic) bond motifs is 1. The van der Waals surface area contributed by atoms with E-state index in [4.69, 9.17) is 14.2 Å². The largest absolute Gasteiger partial charge is 0.490 e. The number of urea groups is 1. The van der Waals surface area contributed by atoms with Crippen LogP contribution < -0.4 is 14.8 Å². The van der Waals surface area contributed by atoms with Gasteiger partial charge >= 0.3 is 12.0 Å². The van der Waals surface area contributed by atoms with Crippen LogP contribution in [0.5, 0.6) is 11.5 Å². The molecule has 0 bridgehead atoms. The maximum absolute atomic E-state index is 12.2. The SMILES string of the molecule is CC(OC(=O)c1ccc2c(c1)OCCCO2)C(=O)N1CCNC1=O. The first kappa shape index (κ1) is 16.1. The molecule has 1 saturated heterocycles. The van der Waals surface area contributed by atoms with Crippen LogP contribution in [0.25, 0.3) is 0 Å². The fourth-order valence-corrected chi connectivity index (χ4v) is 2.47. The molecule has 0 radical (unpaired) electrons. The fourth-order valence-electron chi connectivity index (χ4n) is 2.47. The van der Waals surface area contributed by atoms with Crippen LogP contribution in [0.3, 0.4) is 0 Å². The zero-order valence-corrected chi connectivity index (χ0v) is 13.2. The van der Waals surface area contributed by atoms with Gasteiger partial charge in [0.1, 0.15) is 0 Å². The third-order valence-electron chi connectivity index (χ3n) is 3.74. The lowest BCUT2D eigenvalue weighted by Crippen LogP contribution is -2.41. The predicted molar refractivity (Wildman–Crippen MR) is 82.0 cm³/mol. The molecular formula is C16H18N2O6. The lowest BCUT2D eigenvalue weighted by molar-refractivity contribution is -0.136. The first-order valence-corrected chi connectivity index (χ1v) is 7.76. The molecule has 2 heterocycles. The van der Waals surface area contributed by atoms with E-state index in [1.165, 1.54) is 13.0 Å². The molecule has 3 rings (SSSR count). The highest BCUT2D eigenvalue weighted by molar-refractivity contribution is 5.99. The van der Waals surface area contributed by atoms with Gasteiger partial charge in [0, 0.05) is 19.5 Å². The van der Waals surface area contributed by atoms with Crippen molar-refractivity contribution in [3.63, 3.8) is 0 Å². The van der Waals surface area contributed by atoms with E-state index in [9.17, 15) is 14.4 Å². The minimum atomic E-state index is -1.06. The second-order valence-corrected chi connectivity index (χ2v) is 5.48. The fraction of sp³-hybridized carbons (Fsp3) is 0.438. The number of nitrogens with one attached hydrogen (secondary N) is 1. The van der Waals surface area contributed by atoms with Gasteiger partial charge in [-0.2, -0.15) is 0 Å². The second kappa shape index (κ2) is 6.77. The van der Waals surface area contributed by atoms with Gasteiger partial charge in [-0.3, -0.25) is 9.69 Å². The van der Waals surface area contributed by atoms with Crippen molar-refractivity contribution in [3.05, 3.63) is 23.8 Å². The maximum Gasteiger partial charge on any atom is 0.339 e. The lowest BCUT2D eigenvalue weighted by Gasteiger charge is -2.18. The lowest BCUT2D eigenvalue weighted by atomic mass is 10.2. The van der Waals surface area contributed by atoms with Crippen molar-refractivity contribution in [1.29, 1.82) is 0 Å². The van der Waals surface area contributed by atoms with Crippen molar-refractivity contribution in [2.75, 3.05) is 26.3 Å². The van der Waals surface area contributed by atoms with Crippen LogP contribution >= 0.6 is 0 Å². The number of benzene rings is 1. The van der Waals surface area contributed by atoms with E-state index in [-0.39, 0.29) is 12.1 Å². The van der Waals surface area contributed by atoms with Crippen LogP contribution in [0.15, 0.2) is 18.2 Å². The van der Waals surface area contributed by atoms with E-state index >= 15 is 0 Å². The van der Waals surface area contributed by atoms with E-state index in [0.717, 1.165) is 11.3 Å². The number of rotatable bonds is 3. The highest BCUT2D eigenvalue weighted by atomic mass is 16.5. The number of esters is 1. The molecule has 0 saturated carbocycles. The standard InChI is InChI=1S/C16H18N2O6/c1-10(14(19)18-6-5-17-16(18)21)24-15(20)11-3-4-12-13(9-11)23-8-2-7-22-12/h3-4,9-10H,2,5-8H2,1H3,(H,17,21). The normalized spacial score (nSPS) is 17.7. The minimum absolute atomic E-state index is 0.254. The van der Waals surface area contributed by atoms with E-state index in [0.29, 0.717) is 31.3 Å². The Morgan fingerprint density at radius 3 is 2.71 bits per heavy atom. The summed E-state index contributed by atoms with van der Waals surface area (Å²) in [6.45, 7) is 3.16. The smallest absolute Gasteiger partial charge is 0.339 e. The van der Waals surface area contributed by atoms with Gasteiger partial charge in [-0.1, -0.05) is 0 Å². The highest BCUT2D eigenvalue weighted by Crippen LogP contribution is 2.30. The number of imide groups is 1. The topological polar surface area (TPSA) is 94.2 Å². The van der Waals surface area contributed by atoms with E-state index < -0.39 is 24.0 Å². The van der Waals surface area contributed by atoms with Gasteiger partial charge < -0.3 is 19.5 Å². The average Bonchev–Trinajstić information content (AvgIpc) is 2.86. The monoisotopic (exact) mass is 334 g/mol. The van der Waals surface area contributed by atoms with Crippen molar-refractivity contribution in [1.82, 2.24) is 10.2 Å². The summed E-state index contributed by atoms with van der Waals surface area (Å²) < 4.78 is 16.2. The zero-order chi connectivity index (χ0) is 17.1. The third kappa shape index (κ3) is 3.27. The van der Waals surface area contributed by atoms with Gasteiger partial charge in [-0.05, 0) is 25.1 Å². The zero-order valence-electron chi connectivity index (χ0n) is 13.2. The third-order valence-corrected chi connectivity index (χ3v) is 3.74. The van der Waals surface area contributed by atoms with Crippen LogP contribution in [0.2, 0.25) is 0 Å². The Bertz CT molecular complexity index is 675. The Labute approximate surface area is 138 Å². The van der Waals surface area contributed by atoms with E-state index in [2.05, 4.69) is 5.32 Å². The van der Waals surface area contributed by atoms with Crippen molar-refractivity contribution >= 4 is 17.9 Å². The van der Waals surface area contributed by atoms with Crippen LogP contribution in [0.4, 0.5) is 4.79 Å². The van der Waals surface area contributed by atoms with Crippen LogP contribution in [-0.2, 0) is 9.53 Å². The number of nitrogens with zero attached hydrogens (tertiary/aromatic N) is 1. The Kier molecular flexibility index (Phi) is 4.54. The van der Waals surface area contributed by atoms with Gasteiger partial charge in [-0.15, -0.1) is 0 Å². The minimum Gasteiger partial charge on any atom is -0.490 e. The van der Waals surface area contributed by atoms with Crippen molar-refractivity contribution in [2.24, 2.45) is 0 Å². The number of carbonyl (C=O) groups excluding carboxylic acids is 3. The molecule has 0 aliphatic carbocycles. The van der Waals surface area contributed by atoms with Gasteiger partial charge in [-0.25, -0.2) is 9.59 Å². The van der Waals surface area contributed by atoms with Crippen molar-refractivity contribution < 1.29 is 28.6 Å². The van der Waals surface area contributed by atoms with Gasteiger partial charge in [0.2, 0.25) is 0 Å². The Morgan fingerprint density at radius 1 is 1.25 bits per heavy atom.